The van der Waals surface area contributed by atoms with Crippen LogP contribution in [-0.2, 0) is 4.79 Å². The van der Waals surface area contributed by atoms with Gasteiger partial charge in [0.2, 0.25) is 5.91 Å². The molecule has 1 aliphatic carbocycles. The van der Waals surface area contributed by atoms with Crippen LogP contribution in [0.3, 0.4) is 0 Å². The number of rotatable bonds is 6. The third kappa shape index (κ3) is 5.78. The van der Waals surface area contributed by atoms with Crippen molar-refractivity contribution in [3.8, 4) is 0 Å². The van der Waals surface area contributed by atoms with Crippen LogP contribution in [0.1, 0.15) is 43.5 Å². The van der Waals surface area contributed by atoms with Crippen molar-refractivity contribution >= 4 is 34.7 Å². The van der Waals surface area contributed by atoms with Gasteiger partial charge in [-0.05, 0) is 68.7 Å². The highest BCUT2D eigenvalue weighted by Crippen LogP contribution is 2.26. The summed E-state index contributed by atoms with van der Waals surface area (Å²) in [4.78, 5) is 25.7. The highest BCUT2D eigenvalue weighted by atomic mass is 16.1. The topological polar surface area (TPSA) is 91.8 Å². The van der Waals surface area contributed by atoms with Crippen LogP contribution in [0, 0.1) is 19.8 Å². The summed E-state index contributed by atoms with van der Waals surface area (Å²) in [6, 6.07) is 13.4. The smallest absolute Gasteiger partial charge is 0.227 e. The standard InChI is InChI=1S/C24H28N6O/c1-16-12-13-25-21(14-16)30-23-15-22(26-17(2)27-23)28-19-8-10-20(11-9-19)29-24(31)18-6-4-3-5-7-18/h8-15,18H,3-7H2,1-2H3,(H,29,31)(H2,25,26,27,28,30). The molecule has 0 atom stereocenters. The predicted molar refractivity (Wildman–Crippen MR) is 124 cm³/mol. The van der Waals surface area contributed by atoms with E-state index in [1.807, 2.05) is 56.3 Å². The molecule has 0 saturated heterocycles. The summed E-state index contributed by atoms with van der Waals surface area (Å²) in [6.45, 7) is 3.87. The summed E-state index contributed by atoms with van der Waals surface area (Å²) >= 11 is 0. The van der Waals surface area contributed by atoms with E-state index in [2.05, 4.69) is 30.9 Å². The average Bonchev–Trinajstić information content (AvgIpc) is 2.75. The second-order valence-corrected chi connectivity index (χ2v) is 8.06. The summed E-state index contributed by atoms with van der Waals surface area (Å²) in [5.74, 6) is 3.02. The van der Waals surface area contributed by atoms with Gasteiger partial charge in [0.15, 0.2) is 0 Å². The number of nitrogens with one attached hydrogen (secondary N) is 3. The van der Waals surface area contributed by atoms with Crippen molar-refractivity contribution in [3.05, 3.63) is 60.0 Å². The van der Waals surface area contributed by atoms with E-state index in [0.29, 0.717) is 17.5 Å². The van der Waals surface area contributed by atoms with Crippen LogP contribution in [0.15, 0.2) is 48.7 Å². The Morgan fingerprint density at radius 3 is 2.23 bits per heavy atom. The van der Waals surface area contributed by atoms with Crippen molar-refractivity contribution in [2.24, 2.45) is 5.92 Å². The first-order valence-electron chi connectivity index (χ1n) is 10.8. The van der Waals surface area contributed by atoms with Crippen molar-refractivity contribution in [3.63, 3.8) is 0 Å². The monoisotopic (exact) mass is 416 g/mol. The molecule has 1 aliphatic rings. The SMILES string of the molecule is Cc1ccnc(Nc2cc(Nc3ccc(NC(=O)C4CCCCC4)cc3)nc(C)n2)c1. The fraction of sp³-hybridized carbons (Fsp3) is 0.333. The van der Waals surface area contributed by atoms with Crippen LogP contribution in [0.2, 0.25) is 0 Å². The maximum atomic E-state index is 12.4. The lowest BCUT2D eigenvalue weighted by atomic mass is 9.88. The van der Waals surface area contributed by atoms with Gasteiger partial charge >= 0.3 is 0 Å². The molecule has 3 N–H and O–H groups in total. The van der Waals surface area contributed by atoms with Gasteiger partial charge in [-0.15, -0.1) is 0 Å². The van der Waals surface area contributed by atoms with Crippen LogP contribution in [0.4, 0.5) is 28.8 Å². The summed E-state index contributed by atoms with van der Waals surface area (Å²) in [7, 11) is 0. The number of anilines is 5. The molecule has 0 radical (unpaired) electrons. The van der Waals surface area contributed by atoms with Crippen molar-refractivity contribution in [1.82, 2.24) is 15.0 Å². The second-order valence-electron chi connectivity index (χ2n) is 8.06. The largest absolute Gasteiger partial charge is 0.340 e. The number of hydrogen-bond acceptors (Lipinski definition) is 6. The Morgan fingerprint density at radius 1 is 0.839 bits per heavy atom. The number of hydrogen-bond donors (Lipinski definition) is 3. The molecule has 0 bridgehead atoms. The van der Waals surface area contributed by atoms with Gasteiger partial charge in [-0.1, -0.05) is 19.3 Å². The molecule has 3 aromatic rings. The van der Waals surface area contributed by atoms with Gasteiger partial charge < -0.3 is 16.0 Å². The maximum Gasteiger partial charge on any atom is 0.227 e. The molecule has 160 valence electrons. The van der Waals surface area contributed by atoms with E-state index >= 15 is 0 Å². The first-order chi connectivity index (χ1) is 15.0. The van der Waals surface area contributed by atoms with Crippen LogP contribution in [0.25, 0.3) is 0 Å². The van der Waals surface area contributed by atoms with Crippen LogP contribution < -0.4 is 16.0 Å². The molecule has 1 aromatic carbocycles. The zero-order valence-electron chi connectivity index (χ0n) is 18.0. The second kappa shape index (κ2) is 9.55. The van der Waals surface area contributed by atoms with Crippen LogP contribution in [0.5, 0.6) is 0 Å². The van der Waals surface area contributed by atoms with Crippen molar-refractivity contribution in [2.75, 3.05) is 16.0 Å². The Hall–Kier alpha value is -3.48. The number of aryl methyl sites for hydroxylation is 2. The zero-order valence-corrected chi connectivity index (χ0v) is 18.0. The number of carbonyl (C=O) groups is 1. The highest BCUT2D eigenvalue weighted by molar-refractivity contribution is 5.92. The molecule has 1 amide bonds. The first-order valence-corrected chi connectivity index (χ1v) is 10.8. The van der Waals surface area contributed by atoms with Gasteiger partial charge in [0.05, 0.1) is 0 Å². The molecule has 0 spiro atoms. The van der Waals surface area contributed by atoms with Gasteiger partial charge in [0.1, 0.15) is 23.3 Å². The molecule has 4 rings (SSSR count). The molecular formula is C24H28N6O. The zero-order chi connectivity index (χ0) is 21.6. The van der Waals surface area contributed by atoms with Crippen molar-refractivity contribution in [2.45, 2.75) is 46.0 Å². The fourth-order valence-electron chi connectivity index (χ4n) is 3.83. The van der Waals surface area contributed by atoms with E-state index < -0.39 is 0 Å². The van der Waals surface area contributed by atoms with Crippen LogP contribution in [-0.4, -0.2) is 20.9 Å². The minimum Gasteiger partial charge on any atom is -0.340 e. The Morgan fingerprint density at radius 2 is 1.52 bits per heavy atom. The molecular weight excluding hydrogens is 388 g/mol. The molecule has 7 heteroatoms. The number of nitrogens with zero attached hydrogens (tertiary/aromatic N) is 3. The van der Waals surface area contributed by atoms with Crippen molar-refractivity contribution < 1.29 is 4.79 Å². The van der Waals surface area contributed by atoms with Crippen LogP contribution >= 0.6 is 0 Å². The third-order valence-electron chi connectivity index (χ3n) is 5.41. The summed E-state index contributed by atoms with van der Waals surface area (Å²) in [6.07, 6.45) is 7.29. The third-order valence-corrected chi connectivity index (χ3v) is 5.41. The molecule has 2 aromatic heterocycles. The van der Waals surface area contributed by atoms with E-state index in [-0.39, 0.29) is 11.8 Å². The number of aromatic nitrogens is 3. The number of pyridine rings is 1. The van der Waals surface area contributed by atoms with E-state index in [1.165, 1.54) is 6.42 Å². The summed E-state index contributed by atoms with van der Waals surface area (Å²) < 4.78 is 0. The average molecular weight is 417 g/mol. The molecule has 2 heterocycles. The predicted octanol–water partition coefficient (Wildman–Crippen LogP) is 5.49. The van der Waals surface area contributed by atoms with Gasteiger partial charge in [-0.3, -0.25) is 4.79 Å². The van der Waals surface area contributed by atoms with E-state index in [1.54, 1.807) is 6.20 Å². The molecule has 0 unspecified atom stereocenters. The minimum atomic E-state index is 0.132. The maximum absolute atomic E-state index is 12.4. The summed E-state index contributed by atoms with van der Waals surface area (Å²) in [5.41, 5.74) is 2.82. The quantitative estimate of drug-likeness (QED) is 0.492. The van der Waals surface area contributed by atoms with E-state index in [9.17, 15) is 4.79 Å². The van der Waals surface area contributed by atoms with Gasteiger partial charge in [-0.25, -0.2) is 15.0 Å². The minimum absolute atomic E-state index is 0.132. The highest BCUT2D eigenvalue weighted by Gasteiger charge is 2.20. The number of benzene rings is 1. The molecule has 1 fully saturated rings. The van der Waals surface area contributed by atoms with E-state index in [0.717, 1.165) is 48.4 Å². The molecule has 31 heavy (non-hydrogen) atoms. The Balaban J connectivity index is 1.40. The molecule has 0 aliphatic heterocycles. The number of carbonyl (C=O) groups excluding carboxylic acids is 1. The number of amides is 1. The van der Waals surface area contributed by atoms with Gasteiger partial charge in [0, 0.05) is 29.6 Å². The lowest BCUT2D eigenvalue weighted by Gasteiger charge is -2.20. The Labute approximate surface area is 182 Å². The van der Waals surface area contributed by atoms with E-state index in [4.69, 9.17) is 0 Å². The van der Waals surface area contributed by atoms with Crippen molar-refractivity contribution in [1.29, 1.82) is 0 Å². The van der Waals surface area contributed by atoms with Gasteiger partial charge in [-0.2, -0.15) is 0 Å². The Kier molecular flexibility index (Phi) is 6.40. The molecule has 1 saturated carbocycles. The Bertz CT molecular complexity index is 1040. The fourth-order valence-corrected chi connectivity index (χ4v) is 3.83. The summed E-state index contributed by atoms with van der Waals surface area (Å²) in [5, 5.41) is 9.57. The normalized spacial score (nSPS) is 14.1. The molecule has 7 nitrogen and oxygen atoms in total. The lowest BCUT2D eigenvalue weighted by Crippen LogP contribution is -2.24. The lowest BCUT2D eigenvalue weighted by molar-refractivity contribution is -0.120. The van der Waals surface area contributed by atoms with Gasteiger partial charge in [0.25, 0.3) is 0 Å². The first kappa shape index (κ1) is 20.8.